The SMILES string of the molecule is CCCCCc1ccc(C(F)C(F)(F)OCc2ccc(C3CCC(CCCCC)CC3)c(F)c2)cc1F. The Morgan fingerprint density at radius 3 is 2.22 bits per heavy atom. The van der Waals surface area contributed by atoms with E-state index in [1.54, 1.807) is 12.1 Å². The Labute approximate surface area is 218 Å². The second-order valence-electron chi connectivity index (χ2n) is 10.6. The molecule has 0 aromatic heterocycles. The average Bonchev–Trinajstić information content (AvgIpc) is 2.89. The minimum absolute atomic E-state index is 0.133. The number of benzene rings is 2. The van der Waals surface area contributed by atoms with E-state index in [1.165, 1.54) is 43.9 Å². The van der Waals surface area contributed by atoms with E-state index in [2.05, 4.69) is 11.7 Å². The molecule has 0 radical (unpaired) electrons. The van der Waals surface area contributed by atoms with Gasteiger partial charge in [0.05, 0.1) is 6.61 Å². The van der Waals surface area contributed by atoms with Crippen LogP contribution >= 0.6 is 0 Å². The lowest BCUT2D eigenvalue weighted by Crippen LogP contribution is -2.27. The Morgan fingerprint density at radius 2 is 1.57 bits per heavy atom. The molecule has 1 aliphatic carbocycles. The van der Waals surface area contributed by atoms with Crippen LogP contribution in [0.2, 0.25) is 0 Å². The lowest BCUT2D eigenvalue weighted by molar-refractivity contribution is -0.282. The molecule has 0 heterocycles. The van der Waals surface area contributed by atoms with E-state index in [1.807, 2.05) is 6.92 Å². The normalized spacial score (nSPS) is 19.2. The third-order valence-corrected chi connectivity index (χ3v) is 7.71. The fourth-order valence-corrected chi connectivity index (χ4v) is 5.37. The van der Waals surface area contributed by atoms with Crippen LogP contribution in [-0.2, 0) is 17.8 Å². The maximum absolute atomic E-state index is 14.9. The minimum atomic E-state index is -4.18. The van der Waals surface area contributed by atoms with Gasteiger partial charge in [-0.1, -0.05) is 76.6 Å². The summed E-state index contributed by atoms with van der Waals surface area (Å²) in [5, 5.41) is 0. The summed E-state index contributed by atoms with van der Waals surface area (Å²) in [5.41, 5.74) is 0.724. The first-order valence-corrected chi connectivity index (χ1v) is 14.0. The molecule has 1 atom stereocenters. The smallest absolute Gasteiger partial charge is 0.313 e. The summed E-state index contributed by atoms with van der Waals surface area (Å²) in [6, 6.07) is 7.77. The fraction of sp³-hybridized carbons (Fsp3) is 0.613. The molecule has 0 spiro atoms. The molecule has 206 valence electrons. The summed E-state index contributed by atoms with van der Waals surface area (Å²) in [7, 11) is 0. The van der Waals surface area contributed by atoms with Crippen LogP contribution in [0.25, 0.3) is 0 Å². The van der Waals surface area contributed by atoms with Gasteiger partial charge in [-0.25, -0.2) is 13.2 Å². The molecule has 6 heteroatoms. The zero-order valence-corrected chi connectivity index (χ0v) is 22.2. The number of aryl methyl sites for hydroxylation is 1. The minimum Gasteiger partial charge on any atom is -0.313 e. The van der Waals surface area contributed by atoms with E-state index in [-0.39, 0.29) is 11.5 Å². The van der Waals surface area contributed by atoms with E-state index in [0.29, 0.717) is 23.5 Å². The summed E-state index contributed by atoms with van der Waals surface area (Å²) in [5.74, 6) is -0.287. The van der Waals surface area contributed by atoms with Crippen LogP contribution in [0, 0.1) is 17.6 Å². The standard InChI is InChI=1S/C31H41F5O/c1-3-5-7-9-22-11-14-24(15-12-22)27-18-13-23(19-29(27)33)21-37-31(35,36)30(34)26-17-16-25(28(32)20-26)10-8-6-4-2/h13,16-20,22,24,30H,3-12,14-15,21H2,1-2H3. The highest BCUT2D eigenvalue weighted by Gasteiger charge is 2.43. The summed E-state index contributed by atoms with van der Waals surface area (Å²) >= 11 is 0. The van der Waals surface area contributed by atoms with Gasteiger partial charge in [0.15, 0.2) is 0 Å². The van der Waals surface area contributed by atoms with E-state index < -0.39 is 36.1 Å². The van der Waals surface area contributed by atoms with Gasteiger partial charge in [-0.05, 0) is 84.7 Å². The molecular formula is C31H41F5O. The molecule has 2 aromatic carbocycles. The van der Waals surface area contributed by atoms with Crippen LogP contribution in [0.15, 0.2) is 36.4 Å². The van der Waals surface area contributed by atoms with Crippen molar-refractivity contribution in [3.8, 4) is 0 Å². The molecule has 3 rings (SSSR count). The van der Waals surface area contributed by atoms with Crippen molar-refractivity contribution in [2.24, 2.45) is 5.92 Å². The van der Waals surface area contributed by atoms with Gasteiger partial charge in [-0.2, -0.15) is 8.78 Å². The number of halogens is 5. The lowest BCUT2D eigenvalue weighted by Gasteiger charge is -2.29. The molecule has 0 bridgehead atoms. The molecule has 2 aromatic rings. The summed E-state index contributed by atoms with van der Waals surface area (Å²) in [6.45, 7) is 3.57. The fourth-order valence-electron chi connectivity index (χ4n) is 5.37. The maximum atomic E-state index is 14.9. The highest BCUT2D eigenvalue weighted by Crippen LogP contribution is 2.40. The number of hydrogen-bond donors (Lipinski definition) is 0. The van der Waals surface area contributed by atoms with Gasteiger partial charge in [-0.3, -0.25) is 0 Å². The van der Waals surface area contributed by atoms with E-state index in [0.717, 1.165) is 51.0 Å². The Morgan fingerprint density at radius 1 is 0.865 bits per heavy atom. The molecule has 37 heavy (non-hydrogen) atoms. The van der Waals surface area contributed by atoms with Gasteiger partial charge in [0.25, 0.3) is 0 Å². The van der Waals surface area contributed by atoms with Crippen molar-refractivity contribution in [1.29, 1.82) is 0 Å². The summed E-state index contributed by atoms with van der Waals surface area (Å²) < 4.78 is 77.3. The van der Waals surface area contributed by atoms with Crippen LogP contribution in [-0.4, -0.2) is 6.11 Å². The largest absolute Gasteiger partial charge is 0.391 e. The zero-order valence-electron chi connectivity index (χ0n) is 22.2. The molecule has 0 saturated heterocycles. The molecule has 0 aliphatic heterocycles. The lowest BCUT2D eigenvalue weighted by atomic mass is 9.77. The van der Waals surface area contributed by atoms with Crippen LogP contribution in [0.3, 0.4) is 0 Å². The van der Waals surface area contributed by atoms with Gasteiger partial charge in [0.2, 0.25) is 6.17 Å². The van der Waals surface area contributed by atoms with Crippen molar-refractivity contribution in [2.75, 3.05) is 0 Å². The van der Waals surface area contributed by atoms with E-state index in [4.69, 9.17) is 0 Å². The van der Waals surface area contributed by atoms with Crippen LogP contribution < -0.4 is 0 Å². The first-order chi connectivity index (χ1) is 17.7. The van der Waals surface area contributed by atoms with Crippen molar-refractivity contribution in [1.82, 2.24) is 0 Å². The summed E-state index contributed by atoms with van der Waals surface area (Å²) in [4.78, 5) is 0. The molecule has 1 aliphatic rings. The Balaban J connectivity index is 1.54. The Bertz CT molecular complexity index is 968. The first-order valence-electron chi connectivity index (χ1n) is 14.0. The molecule has 1 nitrogen and oxygen atoms in total. The van der Waals surface area contributed by atoms with Crippen molar-refractivity contribution < 1.29 is 26.7 Å². The summed E-state index contributed by atoms with van der Waals surface area (Å²) in [6.07, 6.45) is 5.13. The third-order valence-electron chi connectivity index (χ3n) is 7.71. The molecule has 1 fully saturated rings. The average molecular weight is 525 g/mol. The molecule has 0 amide bonds. The van der Waals surface area contributed by atoms with Crippen molar-refractivity contribution in [3.63, 3.8) is 0 Å². The van der Waals surface area contributed by atoms with Crippen molar-refractivity contribution in [3.05, 3.63) is 70.3 Å². The topological polar surface area (TPSA) is 9.23 Å². The van der Waals surface area contributed by atoms with Gasteiger partial charge in [0.1, 0.15) is 11.6 Å². The highest BCUT2D eigenvalue weighted by atomic mass is 19.3. The van der Waals surface area contributed by atoms with Gasteiger partial charge >= 0.3 is 6.11 Å². The molecule has 0 N–H and O–H groups in total. The molecule has 1 unspecified atom stereocenters. The predicted molar refractivity (Wildman–Crippen MR) is 138 cm³/mol. The number of hydrogen-bond acceptors (Lipinski definition) is 1. The van der Waals surface area contributed by atoms with Crippen LogP contribution in [0.4, 0.5) is 22.0 Å². The van der Waals surface area contributed by atoms with Crippen molar-refractivity contribution >= 4 is 0 Å². The number of unbranched alkanes of at least 4 members (excludes halogenated alkanes) is 4. The third kappa shape index (κ3) is 8.53. The number of alkyl halides is 3. The highest BCUT2D eigenvalue weighted by molar-refractivity contribution is 5.28. The molecule has 1 saturated carbocycles. The number of rotatable bonds is 14. The monoisotopic (exact) mass is 524 g/mol. The maximum Gasteiger partial charge on any atom is 0.391 e. The second kappa shape index (κ2) is 14.3. The van der Waals surface area contributed by atoms with Gasteiger partial charge in [0, 0.05) is 0 Å². The zero-order chi connectivity index (χ0) is 26.8. The van der Waals surface area contributed by atoms with Crippen molar-refractivity contribution in [2.45, 2.75) is 116 Å². The molecular weight excluding hydrogens is 483 g/mol. The van der Waals surface area contributed by atoms with Gasteiger partial charge < -0.3 is 4.74 Å². The predicted octanol–water partition coefficient (Wildman–Crippen LogP) is 10.4. The number of ether oxygens (including phenoxy) is 1. The Kier molecular flexibility index (Phi) is 11.4. The first kappa shape index (κ1) is 29.6. The van der Waals surface area contributed by atoms with Crippen LogP contribution in [0.1, 0.15) is 119 Å². The quantitative estimate of drug-likeness (QED) is 0.176. The van der Waals surface area contributed by atoms with Gasteiger partial charge in [-0.15, -0.1) is 0 Å². The Hall–Kier alpha value is -1.95. The van der Waals surface area contributed by atoms with E-state index in [9.17, 15) is 22.0 Å². The van der Waals surface area contributed by atoms with Crippen LogP contribution in [0.5, 0.6) is 0 Å². The van der Waals surface area contributed by atoms with E-state index >= 15 is 0 Å². The second-order valence-corrected chi connectivity index (χ2v) is 10.6.